The van der Waals surface area contributed by atoms with E-state index in [0.29, 0.717) is 6.61 Å². The molecule has 21 heavy (non-hydrogen) atoms. The number of imidazole rings is 1. The van der Waals surface area contributed by atoms with Crippen molar-refractivity contribution in [3.8, 4) is 5.75 Å². The maximum atomic E-state index is 9.71. The number of rotatable bonds is 2. The summed E-state index contributed by atoms with van der Waals surface area (Å²) in [5, 5.41) is 11.7. The van der Waals surface area contributed by atoms with E-state index in [1.807, 2.05) is 34.2 Å². The van der Waals surface area contributed by atoms with Crippen molar-refractivity contribution >= 4 is 22.1 Å². The molecule has 0 bridgehead atoms. The van der Waals surface area contributed by atoms with E-state index in [2.05, 4.69) is 16.0 Å². The standard InChI is InChI=1S/C15H15N3O2S/c19-10-12-14(16-15-18(12)6-8-21-15)17-5-7-20-13-4-2-1-3-11(13)9-17/h1-4,6,8,19H,5,7,9-10H2. The zero-order chi connectivity index (χ0) is 14.2. The number of fused-ring (bicyclic) bond motifs is 2. The number of hydrogen-bond acceptors (Lipinski definition) is 5. The average molecular weight is 301 g/mol. The molecule has 1 aliphatic heterocycles. The van der Waals surface area contributed by atoms with Crippen molar-refractivity contribution in [1.29, 1.82) is 0 Å². The van der Waals surface area contributed by atoms with Crippen molar-refractivity contribution in [3.05, 3.63) is 47.1 Å². The van der Waals surface area contributed by atoms with Crippen LogP contribution in [0.15, 0.2) is 35.8 Å². The number of ether oxygens (including phenoxy) is 1. The fourth-order valence-electron chi connectivity index (χ4n) is 2.73. The Morgan fingerprint density at radius 2 is 2.24 bits per heavy atom. The van der Waals surface area contributed by atoms with Crippen molar-refractivity contribution < 1.29 is 9.84 Å². The van der Waals surface area contributed by atoms with Gasteiger partial charge in [0.25, 0.3) is 0 Å². The largest absolute Gasteiger partial charge is 0.491 e. The Hall–Kier alpha value is -2.05. The van der Waals surface area contributed by atoms with Crippen LogP contribution in [-0.4, -0.2) is 27.6 Å². The fourth-order valence-corrected chi connectivity index (χ4v) is 3.46. The van der Waals surface area contributed by atoms with Gasteiger partial charge in [-0.25, -0.2) is 4.98 Å². The maximum absolute atomic E-state index is 9.71. The molecular formula is C15H15N3O2S. The molecule has 0 fully saturated rings. The van der Waals surface area contributed by atoms with Gasteiger partial charge in [0.1, 0.15) is 12.4 Å². The van der Waals surface area contributed by atoms with E-state index in [1.165, 1.54) is 0 Å². The van der Waals surface area contributed by atoms with Gasteiger partial charge in [-0.1, -0.05) is 18.2 Å². The van der Waals surface area contributed by atoms with E-state index in [4.69, 9.17) is 4.74 Å². The number of benzene rings is 1. The zero-order valence-electron chi connectivity index (χ0n) is 11.4. The Morgan fingerprint density at radius 1 is 1.33 bits per heavy atom. The van der Waals surface area contributed by atoms with Crippen LogP contribution in [0.5, 0.6) is 5.75 Å². The molecule has 3 heterocycles. The number of anilines is 1. The van der Waals surface area contributed by atoms with Gasteiger partial charge in [0, 0.05) is 23.7 Å². The first-order chi connectivity index (χ1) is 10.4. The molecule has 6 heteroatoms. The Balaban J connectivity index is 1.76. The lowest BCUT2D eigenvalue weighted by molar-refractivity contribution is 0.276. The van der Waals surface area contributed by atoms with E-state index in [0.717, 1.165) is 40.9 Å². The van der Waals surface area contributed by atoms with Gasteiger partial charge < -0.3 is 14.7 Å². The molecule has 0 saturated carbocycles. The summed E-state index contributed by atoms with van der Waals surface area (Å²) >= 11 is 1.58. The van der Waals surface area contributed by atoms with Crippen LogP contribution in [0, 0.1) is 0 Å². The average Bonchev–Trinajstić information content (AvgIpc) is 3.01. The van der Waals surface area contributed by atoms with Crippen LogP contribution in [-0.2, 0) is 13.2 Å². The molecule has 0 atom stereocenters. The molecule has 0 radical (unpaired) electrons. The van der Waals surface area contributed by atoms with Crippen LogP contribution in [0.1, 0.15) is 11.3 Å². The monoisotopic (exact) mass is 301 g/mol. The maximum Gasteiger partial charge on any atom is 0.195 e. The summed E-state index contributed by atoms with van der Waals surface area (Å²) in [4.78, 5) is 7.76. The van der Waals surface area contributed by atoms with Crippen LogP contribution in [0.25, 0.3) is 4.96 Å². The highest BCUT2D eigenvalue weighted by molar-refractivity contribution is 7.15. The smallest absolute Gasteiger partial charge is 0.195 e. The normalized spacial score (nSPS) is 14.8. The lowest BCUT2D eigenvalue weighted by atomic mass is 10.2. The number of thiazole rings is 1. The molecule has 0 amide bonds. The van der Waals surface area contributed by atoms with Gasteiger partial charge in [0.15, 0.2) is 10.8 Å². The second-order valence-corrected chi connectivity index (χ2v) is 5.85. The number of aliphatic hydroxyl groups is 1. The summed E-state index contributed by atoms with van der Waals surface area (Å²) < 4.78 is 7.75. The number of nitrogens with zero attached hydrogens (tertiary/aromatic N) is 3. The van der Waals surface area contributed by atoms with Crippen LogP contribution in [0.3, 0.4) is 0 Å². The minimum absolute atomic E-state index is 0.0216. The number of hydrogen-bond donors (Lipinski definition) is 1. The van der Waals surface area contributed by atoms with Gasteiger partial charge in [0.05, 0.1) is 18.8 Å². The topological polar surface area (TPSA) is 50.0 Å². The Kier molecular flexibility index (Phi) is 3.05. The van der Waals surface area contributed by atoms with E-state index in [9.17, 15) is 5.11 Å². The minimum Gasteiger partial charge on any atom is -0.491 e. The van der Waals surface area contributed by atoms with Crippen LogP contribution >= 0.6 is 11.3 Å². The second-order valence-electron chi connectivity index (χ2n) is 4.97. The first-order valence-corrected chi connectivity index (χ1v) is 7.75. The molecule has 0 aliphatic carbocycles. The summed E-state index contributed by atoms with van der Waals surface area (Å²) in [6.07, 6.45) is 1.95. The fraction of sp³-hybridized carbons (Fsp3) is 0.267. The van der Waals surface area contributed by atoms with Gasteiger partial charge in [-0.3, -0.25) is 4.40 Å². The summed E-state index contributed by atoms with van der Waals surface area (Å²) in [7, 11) is 0. The van der Waals surface area contributed by atoms with Gasteiger partial charge in [-0.2, -0.15) is 0 Å². The second kappa shape index (κ2) is 5.05. The minimum atomic E-state index is -0.0216. The van der Waals surface area contributed by atoms with E-state index < -0.39 is 0 Å². The van der Waals surface area contributed by atoms with Crippen molar-refractivity contribution in [2.75, 3.05) is 18.1 Å². The molecule has 0 unspecified atom stereocenters. The molecule has 3 aromatic rings. The highest BCUT2D eigenvalue weighted by Crippen LogP contribution is 2.29. The van der Waals surface area contributed by atoms with Gasteiger partial charge in [-0.15, -0.1) is 11.3 Å². The van der Waals surface area contributed by atoms with E-state index in [-0.39, 0.29) is 6.61 Å². The Morgan fingerprint density at radius 3 is 3.14 bits per heavy atom. The van der Waals surface area contributed by atoms with Gasteiger partial charge in [-0.05, 0) is 6.07 Å². The Labute approximate surface area is 126 Å². The molecule has 1 aliphatic rings. The molecule has 4 rings (SSSR count). The number of aromatic nitrogens is 2. The van der Waals surface area contributed by atoms with Gasteiger partial charge >= 0.3 is 0 Å². The molecule has 2 aromatic heterocycles. The predicted octanol–water partition coefficient (Wildman–Crippen LogP) is 2.29. The zero-order valence-corrected chi connectivity index (χ0v) is 12.2. The first kappa shape index (κ1) is 12.7. The molecule has 5 nitrogen and oxygen atoms in total. The molecule has 0 saturated heterocycles. The molecule has 1 N–H and O–H groups in total. The molecule has 108 valence electrons. The van der Waals surface area contributed by atoms with Crippen LogP contribution in [0.4, 0.5) is 5.82 Å². The Bertz CT molecular complexity index is 780. The lowest BCUT2D eigenvalue weighted by Gasteiger charge is -2.20. The first-order valence-electron chi connectivity index (χ1n) is 6.88. The van der Waals surface area contributed by atoms with Crippen LogP contribution < -0.4 is 9.64 Å². The highest BCUT2D eigenvalue weighted by Gasteiger charge is 2.22. The third kappa shape index (κ3) is 2.07. The summed E-state index contributed by atoms with van der Waals surface area (Å²) in [6, 6.07) is 8.08. The SMILES string of the molecule is OCc1c(N2CCOc3ccccc3C2)nc2sccn12. The van der Waals surface area contributed by atoms with E-state index >= 15 is 0 Å². The van der Waals surface area contributed by atoms with Crippen molar-refractivity contribution in [2.24, 2.45) is 0 Å². The molecular weight excluding hydrogens is 286 g/mol. The predicted molar refractivity (Wildman–Crippen MR) is 82.0 cm³/mol. The van der Waals surface area contributed by atoms with Crippen LogP contribution in [0.2, 0.25) is 0 Å². The summed E-state index contributed by atoms with van der Waals surface area (Å²) in [5.74, 6) is 1.79. The third-order valence-corrected chi connectivity index (χ3v) is 4.50. The lowest BCUT2D eigenvalue weighted by Crippen LogP contribution is -2.26. The number of aliphatic hydroxyl groups excluding tert-OH is 1. The van der Waals surface area contributed by atoms with Crippen molar-refractivity contribution in [3.63, 3.8) is 0 Å². The quantitative estimate of drug-likeness (QED) is 0.789. The summed E-state index contributed by atoms with van der Waals surface area (Å²) in [5.41, 5.74) is 1.99. The summed E-state index contributed by atoms with van der Waals surface area (Å²) in [6.45, 7) is 2.10. The van der Waals surface area contributed by atoms with E-state index in [1.54, 1.807) is 11.3 Å². The molecule has 0 spiro atoms. The van der Waals surface area contributed by atoms with Gasteiger partial charge in [0.2, 0.25) is 0 Å². The van der Waals surface area contributed by atoms with Crippen molar-refractivity contribution in [2.45, 2.75) is 13.2 Å². The third-order valence-electron chi connectivity index (χ3n) is 3.74. The number of para-hydroxylation sites is 1. The molecule has 1 aromatic carbocycles. The van der Waals surface area contributed by atoms with Crippen molar-refractivity contribution in [1.82, 2.24) is 9.38 Å². The highest BCUT2D eigenvalue weighted by atomic mass is 32.1.